The Morgan fingerprint density at radius 3 is 0.458 bits per heavy atom. The van der Waals surface area contributed by atoms with Gasteiger partial charge in [-0.2, -0.15) is 0 Å². The zero-order chi connectivity index (χ0) is 44.6. The van der Waals surface area contributed by atoms with Crippen LogP contribution in [0.25, 0.3) is 0 Å². The molecular weight excluding hydrogens is 749 g/mol. The highest BCUT2D eigenvalue weighted by Crippen LogP contribution is 2.17. The van der Waals surface area contributed by atoms with Crippen LogP contribution in [0.5, 0.6) is 0 Å². The van der Waals surface area contributed by atoms with E-state index >= 15 is 0 Å². The molecule has 0 aliphatic heterocycles. The van der Waals surface area contributed by atoms with Crippen molar-refractivity contribution in [2.24, 2.45) is 0 Å². The molecule has 0 fully saturated rings. The minimum absolute atomic E-state index is 1.12. The van der Waals surface area contributed by atoms with E-state index in [0.29, 0.717) is 0 Å². The predicted octanol–water partition coefficient (Wildman–Crippen LogP) is 16.5. The number of hydrogen-bond acceptors (Lipinski definition) is 4. The van der Waals surface area contributed by atoms with E-state index in [2.05, 4.69) is 56.1 Å². The second kappa shape index (κ2) is 48.8. The molecule has 0 spiro atoms. The van der Waals surface area contributed by atoms with Gasteiger partial charge in [0.05, 0.1) is 55.4 Å². The molecule has 0 aliphatic carbocycles. The lowest BCUT2D eigenvalue weighted by molar-refractivity contribution is -0.870. The fourth-order valence-corrected chi connectivity index (χ4v) is 8.04. The summed E-state index contributed by atoms with van der Waals surface area (Å²) in [5.74, 6) is 0. The smallest absolute Gasteiger partial charge is 0.0780 e. The molecule has 0 amide bonds. The van der Waals surface area contributed by atoms with Gasteiger partial charge in [-0.1, -0.05) is 258 Å². The van der Waals surface area contributed by atoms with Crippen LogP contribution in [-0.4, -0.2) is 81.9 Å². The van der Waals surface area contributed by atoms with Gasteiger partial charge in [-0.15, -0.1) is 0 Å². The van der Waals surface area contributed by atoms with Crippen LogP contribution in [0.4, 0.5) is 0 Å². The topological polar surface area (TPSA) is 80.3 Å². The lowest BCUT2D eigenvalue weighted by Crippen LogP contribution is -2.35. The Bertz CT molecular complexity index is 805. The molecule has 0 aromatic rings. The van der Waals surface area contributed by atoms with Gasteiger partial charge in [0.15, 0.2) is 0 Å². The molecule has 0 rings (SSSR count). The lowest BCUT2D eigenvalue weighted by Gasteiger charge is -2.23. The van der Waals surface area contributed by atoms with Crippen LogP contribution in [0.2, 0.25) is 0 Å². The maximum absolute atomic E-state index is 8.52. The molecule has 59 heavy (non-hydrogen) atoms. The van der Waals surface area contributed by atoms with Crippen molar-refractivity contribution in [3.8, 4) is 0 Å². The number of rotatable bonds is 44. The molecule has 0 unspecified atom stereocenters. The average Bonchev–Trinajstić information content (AvgIpc) is 3.15. The molecule has 0 atom stereocenters. The van der Waals surface area contributed by atoms with E-state index in [1.807, 2.05) is 0 Å². The number of unbranched alkanes of at least 4 members (excludes halogenated alkanes) is 40. The lowest BCUT2D eigenvalue weighted by atomic mass is 10.0. The van der Waals surface area contributed by atoms with E-state index in [4.69, 9.17) is 17.5 Å². The maximum atomic E-state index is 8.52. The summed E-state index contributed by atoms with van der Waals surface area (Å²) >= 11 is 0. The molecule has 6 nitrogen and oxygen atoms in total. The third-order valence-electron chi connectivity index (χ3n) is 11.9. The third kappa shape index (κ3) is 78.8. The van der Waals surface area contributed by atoms with Crippen LogP contribution >= 0.6 is 0 Å². The van der Waals surface area contributed by atoms with Gasteiger partial charge < -0.3 is 18.1 Å². The van der Waals surface area contributed by atoms with Gasteiger partial charge in [0.2, 0.25) is 0 Å². The summed E-state index contributed by atoms with van der Waals surface area (Å²) in [5.41, 5.74) is 0. The molecule has 0 saturated heterocycles. The number of hydrogen-bond donors (Lipinski definition) is 0. The molecule has 0 aromatic carbocycles. The highest BCUT2D eigenvalue weighted by atomic mass is 32.3. The van der Waals surface area contributed by atoms with Crippen LogP contribution in [0.3, 0.4) is 0 Å². The van der Waals surface area contributed by atoms with Crippen molar-refractivity contribution >= 4 is 10.4 Å². The van der Waals surface area contributed by atoms with Crippen molar-refractivity contribution in [2.75, 3.05) is 55.4 Å². The van der Waals surface area contributed by atoms with Crippen LogP contribution in [-0.2, 0) is 10.4 Å². The fraction of sp³-hybridized carbons (Fsp3) is 1.00. The molecule has 0 saturated carbocycles. The predicted molar refractivity (Wildman–Crippen MR) is 262 cm³/mol. The Morgan fingerprint density at radius 2 is 0.356 bits per heavy atom. The SMILES string of the molecule is CCCCCCCCCCCCCCCCCCCCCCC[N+](C)(C)C.CCCCCCCCCCCCCCCCCCCCCCC[N+](C)(C)C.O=S(=O)([O-])[O-]. The Kier molecular flexibility index (Phi) is 52.2. The first-order valence-corrected chi connectivity index (χ1v) is 27.7. The third-order valence-corrected chi connectivity index (χ3v) is 11.9. The number of nitrogens with zero attached hydrogens (tertiary/aromatic N) is 2. The minimum Gasteiger partial charge on any atom is -0.759 e. The fourth-order valence-electron chi connectivity index (χ4n) is 8.04. The standard InChI is InChI=1S/2C26H56N.H2O4S/c2*1-5-6-7-8-9-10-11-12-13-14-15-16-17-18-19-20-21-22-23-24-25-26-27(2,3)4;1-5(2,3)4/h2*5-26H2,1-4H3;(H2,1,2,3,4)/q2*+1;/p-2. The van der Waals surface area contributed by atoms with Gasteiger partial charge in [0, 0.05) is 10.4 Å². The summed E-state index contributed by atoms with van der Waals surface area (Å²) in [6, 6.07) is 0. The Hall–Kier alpha value is -0.210. The quantitative estimate of drug-likeness (QED) is 0.0264. The monoisotopic (exact) mass is 861 g/mol. The molecule has 0 aliphatic rings. The minimum atomic E-state index is -5.17. The molecule has 0 heterocycles. The summed E-state index contributed by atoms with van der Waals surface area (Å²) in [6.45, 7) is 7.27. The molecular formula is C52H112N2O4S. The summed E-state index contributed by atoms with van der Waals surface area (Å²) in [4.78, 5) is 0. The van der Waals surface area contributed by atoms with Crippen molar-refractivity contribution in [1.29, 1.82) is 0 Å². The maximum Gasteiger partial charge on any atom is 0.0780 e. The van der Waals surface area contributed by atoms with Gasteiger partial charge in [0.1, 0.15) is 0 Å². The van der Waals surface area contributed by atoms with Crippen LogP contribution in [0.15, 0.2) is 0 Å². The van der Waals surface area contributed by atoms with E-state index in [1.54, 1.807) is 0 Å². The summed E-state index contributed by atoms with van der Waals surface area (Å²) < 4.78 is 36.3. The van der Waals surface area contributed by atoms with Crippen LogP contribution in [0.1, 0.15) is 284 Å². The first kappa shape index (κ1) is 63.1. The van der Waals surface area contributed by atoms with E-state index in [-0.39, 0.29) is 0 Å². The van der Waals surface area contributed by atoms with Crippen molar-refractivity contribution in [3.63, 3.8) is 0 Å². The van der Waals surface area contributed by atoms with E-state index in [9.17, 15) is 0 Å². The van der Waals surface area contributed by atoms with Gasteiger partial charge in [-0.3, -0.25) is 8.42 Å². The Balaban J connectivity index is -0.000000951. The van der Waals surface area contributed by atoms with E-state index in [0.717, 1.165) is 8.97 Å². The highest BCUT2D eigenvalue weighted by Gasteiger charge is 2.06. The summed E-state index contributed by atoms with van der Waals surface area (Å²) in [5, 5.41) is 0. The van der Waals surface area contributed by atoms with Gasteiger partial charge in [-0.25, -0.2) is 0 Å². The molecule has 7 heteroatoms. The first-order chi connectivity index (χ1) is 28.1. The second-order valence-electron chi connectivity index (χ2n) is 20.6. The largest absolute Gasteiger partial charge is 0.759 e. The average molecular weight is 862 g/mol. The van der Waals surface area contributed by atoms with Crippen molar-refractivity contribution in [2.45, 2.75) is 284 Å². The molecule has 0 N–H and O–H groups in total. The first-order valence-electron chi connectivity index (χ1n) is 26.4. The second-order valence-corrected chi connectivity index (χ2v) is 21.4. The van der Waals surface area contributed by atoms with Crippen molar-refractivity contribution in [1.82, 2.24) is 0 Å². The zero-order valence-corrected chi connectivity index (χ0v) is 42.9. The van der Waals surface area contributed by atoms with Crippen molar-refractivity contribution in [3.05, 3.63) is 0 Å². The Morgan fingerprint density at radius 1 is 0.254 bits per heavy atom. The molecule has 0 aromatic heterocycles. The molecule has 0 radical (unpaired) electrons. The normalized spacial score (nSPS) is 12.0. The highest BCUT2D eigenvalue weighted by molar-refractivity contribution is 7.79. The molecule has 360 valence electrons. The van der Waals surface area contributed by atoms with E-state index < -0.39 is 10.4 Å². The van der Waals surface area contributed by atoms with Gasteiger partial charge in [-0.05, 0) is 25.7 Å². The van der Waals surface area contributed by atoms with E-state index in [1.165, 1.54) is 283 Å². The summed E-state index contributed by atoms with van der Waals surface area (Å²) in [6.07, 6.45) is 61.7. The van der Waals surface area contributed by atoms with Crippen molar-refractivity contribution < 1.29 is 26.5 Å². The van der Waals surface area contributed by atoms with Gasteiger partial charge in [0.25, 0.3) is 0 Å². The zero-order valence-electron chi connectivity index (χ0n) is 42.0. The number of quaternary nitrogens is 2. The Labute approximate surface area is 374 Å². The van der Waals surface area contributed by atoms with Crippen LogP contribution in [0, 0.1) is 0 Å². The molecule has 0 bridgehead atoms. The summed E-state index contributed by atoms with van der Waals surface area (Å²) in [7, 11) is 8.65. The van der Waals surface area contributed by atoms with Gasteiger partial charge >= 0.3 is 0 Å². The van der Waals surface area contributed by atoms with Crippen LogP contribution < -0.4 is 0 Å².